The number of halogens is 4. The summed E-state index contributed by atoms with van der Waals surface area (Å²) in [5.74, 6) is -0.191. The van der Waals surface area contributed by atoms with E-state index in [0.29, 0.717) is 52.3 Å². The van der Waals surface area contributed by atoms with E-state index >= 15 is 0 Å². The van der Waals surface area contributed by atoms with Crippen LogP contribution in [0.1, 0.15) is 28.4 Å². The van der Waals surface area contributed by atoms with Crippen LogP contribution in [0, 0.1) is 17.1 Å². The van der Waals surface area contributed by atoms with Gasteiger partial charge < -0.3 is 25.7 Å². The Balaban J connectivity index is 1.37. The number of alkyl halides is 3. The van der Waals surface area contributed by atoms with E-state index < -0.39 is 35.4 Å². The highest BCUT2D eigenvalue weighted by Gasteiger charge is 2.32. The molecule has 5 rings (SSSR count). The molecule has 0 saturated carbocycles. The van der Waals surface area contributed by atoms with Gasteiger partial charge >= 0.3 is 12.2 Å². The highest BCUT2D eigenvalue weighted by molar-refractivity contribution is 6.12. The molecule has 4 aromatic rings. The number of anilines is 3. The second-order valence-electron chi connectivity index (χ2n) is 8.44. The fourth-order valence-corrected chi connectivity index (χ4v) is 4.02. The standard InChI is InChI=1S/C27H18F4N6O2/c28-21-10-5-17(27(29,30)31)13-22(21)35-26(38)34-18-6-8-19(9-7-18)37-23(33)20-11-12-39-25(20)36-24(37)16-3-1-15(14-32)2-4-16/h1-13,23H,33H2,(H2,34,35,38). The molecule has 3 aromatic carbocycles. The highest BCUT2D eigenvalue weighted by atomic mass is 19.4. The van der Waals surface area contributed by atoms with Crippen molar-refractivity contribution in [1.29, 1.82) is 5.26 Å². The Hall–Kier alpha value is -5.15. The minimum Gasteiger partial charge on any atom is -0.446 e. The molecular formula is C27H18F4N6O2. The van der Waals surface area contributed by atoms with Crippen LogP contribution in [0.2, 0.25) is 0 Å². The SMILES string of the molecule is N#Cc1ccc(C2=Nc3occc3C(N)N2c2ccc(NC(=O)Nc3cc(C(F)(F)F)ccc3F)cc2)cc1. The lowest BCUT2D eigenvalue weighted by molar-refractivity contribution is -0.137. The zero-order valence-corrected chi connectivity index (χ0v) is 19.8. The lowest BCUT2D eigenvalue weighted by Crippen LogP contribution is -2.42. The number of hydrogen-bond donors (Lipinski definition) is 3. The van der Waals surface area contributed by atoms with Gasteiger partial charge in [0, 0.05) is 16.9 Å². The van der Waals surface area contributed by atoms with Gasteiger partial charge in [0.05, 0.1) is 34.7 Å². The minimum absolute atomic E-state index is 0.287. The molecule has 8 nitrogen and oxygen atoms in total. The van der Waals surface area contributed by atoms with Gasteiger partial charge in [0.2, 0.25) is 5.88 Å². The molecule has 1 aromatic heterocycles. The number of hydrogen-bond acceptors (Lipinski definition) is 6. The fourth-order valence-electron chi connectivity index (χ4n) is 4.02. The monoisotopic (exact) mass is 534 g/mol. The van der Waals surface area contributed by atoms with Crippen molar-refractivity contribution in [3.8, 4) is 6.07 Å². The van der Waals surface area contributed by atoms with Gasteiger partial charge in [-0.15, -0.1) is 0 Å². The summed E-state index contributed by atoms with van der Waals surface area (Å²) in [6.07, 6.45) is -3.89. The minimum atomic E-state index is -4.69. The van der Waals surface area contributed by atoms with Crippen LogP contribution in [0.4, 0.5) is 45.3 Å². The largest absolute Gasteiger partial charge is 0.446 e. The summed E-state index contributed by atoms with van der Waals surface area (Å²) in [6, 6.07) is 17.8. The Labute approximate surface area is 219 Å². The average Bonchev–Trinajstić information content (AvgIpc) is 3.39. The molecule has 39 heavy (non-hydrogen) atoms. The number of nitrogens with zero attached hydrogens (tertiary/aromatic N) is 3. The average molecular weight is 534 g/mol. The maximum absolute atomic E-state index is 14.0. The lowest BCUT2D eigenvalue weighted by Gasteiger charge is -2.34. The van der Waals surface area contributed by atoms with Crippen LogP contribution in [0.15, 0.2) is 88.5 Å². The summed E-state index contributed by atoms with van der Waals surface area (Å²) < 4.78 is 58.3. The van der Waals surface area contributed by atoms with Gasteiger partial charge in [0.15, 0.2) is 0 Å². The molecular weight excluding hydrogens is 516 g/mol. The molecule has 2 heterocycles. The zero-order valence-electron chi connectivity index (χ0n) is 19.8. The second-order valence-corrected chi connectivity index (χ2v) is 8.44. The summed E-state index contributed by atoms with van der Waals surface area (Å²) in [5, 5.41) is 13.7. The molecule has 0 saturated heterocycles. The van der Waals surface area contributed by atoms with Crippen LogP contribution >= 0.6 is 0 Å². The summed E-state index contributed by atoms with van der Waals surface area (Å²) in [6.45, 7) is 0. The van der Waals surface area contributed by atoms with Crippen LogP contribution in [0.25, 0.3) is 0 Å². The number of fused-ring (bicyclic) bond motifs is 1. The van der Waals surface area contributed by atoms with Crippen molar-refractivity contribution in [3.63, 3.8) is 0 Å². The van der Waals surface area contributed by atoms with Gasteiger partial charge in [-0.3, -0.25) is 0 Å². The molecule has 0 aliphatic carbocycles. The smallest absolute Gasteiger partial charge is 0.416 e. The first-order chi connectivity index (χ1) is 18.6. The number of benzene rings is 3. The summed E-state index contributed by atoms with van der Waals surface area (Å²) in [4.78, 5) is 18.7. The number of nitriles is 1. The molecule has 1 unspecified atom stereocenters. The number of nitrogens with two attached hydrogens (primary N) is 1. The molecule has 196 valence electrons. The third-order valence-electron chi connectivity index (χ3n) is 5.92. The van der Waals surface area contributed by atoms with E-state index in [1.807, 2.05) is 0 Å². The van der Waals surface area contributed by atoms with Crippen LogP contribution in [0.3, 0.4) is 0 Å². The molecule has 12 heteroatoms. The predicted octanol–water partition coefficient (Wildman–Crippen LogP) is 6.51. The van der Waals surface area contributed by atoms with Crippen molar-refractivity contribution in [3.05, 3.63) is 107 Å². The van der Waals surface area contributed by atoms with E-state index in [1.165, 1.54) is 6.26 Å². The number of amides is 2. The van der Waals surface area contributed by atoms with Gasteiger partial charge in [-0.2, -0.15) is 23.4 Å². The Morgan fingerprint density at radius 2 is 1.74 bits per heavy atom. The van der Waals surface area contributed by atoms with Crippen molar-refractivity contribution >= 4 is 34.8 Å². The fraction of sp³-hybridized carbons (Fsp3) is 0.0741. The third kappa shape index (κ3) is 5.16. The Morgan fingerprint density at radius 1 is 1.03 bits per heavy atom. The van der Waals surface area contributed by atoms with Crippen LogP contribution < -0.4 is 21.3 Å². The van der Waals surface area contributed by atoms with E-state index in [0.717, 1.165) is 0 Å². The molecule has 0 spiro atoms. The van der Waals surface area contributed by atoms with E-state index in [1.54, 1.807) is 59.5 Å². The first kappa shape index (κ1) is 25.5. The molecule has 1 aliphatic rings. The van der Waals surface area contributed by atoms with Crippen LogP contribution in [0.5, 0.6) is 0 Å². The van der Waals surface area contributed by atoms with Gasteiger partial charge in [0.25, 0.3) is 0 Å². The van der Waals surface area contributed by atoms with Crippen molar-refractivity contribution < 1.29 is 26.8 Å². The maximum atomic E-state index is 14.0. The number of nitrogens with one attached hydrogen (secondary N) is 2. The number of rotatable bonds is 4. The molecule has 0 bridgehead atoms. The summed E-state index contributed by atoms with van der Waals surface area (Å²) >= 11 is 0. The second kappa shape index (κ2) is 9.96. The predicted molar refractivity (Wildman–Crippen MR) is 136 cm³/mol. The first-order valence-electron chi connectivity index (χ1n) is 11.4. The Kier molecular flexibility index (Phi) is 6.51. The number of urea groups is 1. The van der Waals surface area contributed by atoms with Crippen molar-refractivity contribution in [2.24, 2.45) is 10.7 Å². The number of aliphatic imine (C=N–C) groups is 1. The van der Waals surface area contributed by atoms with E-state index in [-0.39, 0.29) is 5.69 Å². The molecule has 1 atom stereocenters. The van der Waals surface area contributed by atoms with Gasteiger partial charge in [0.1, 0.15) is 17.8 Å². The zero-order chi connectivity index (χ0) is 27.7. The number of furan rings is 1. The Morgan fingerprint density at radius 3 is 2.41 bits per heavy atom. The molecule has 0 radical (unpaired) electrons. The normalized spacial score (nSPS) is 14.7. The van der Waals surface area contributed by atoms with Crippen molar-refractivity contribution in [1.82, 2.24) is 0 Å². The van der Waals surface area contributed by atoms with Gasteiger partial charge in [-0.25, -0.2) is 9.18 Å². The molecule has 1 aliphatic heterocycles. The van der Waals surface area contributed by atoms with Crippen LogP contribution in [-0.4, -0.2) is 11.9 Å². The summed E-state index contributed by atoms with van der Waals surface area (Å²) in [5.41, 5.74) is 7.53. The van der Waals surface area contributed by atoms with E-state index in [9.17, 15) is 22.4 Å². The van der Waals surface area contributed by atoms with E-state index in [2.05, 4.69) is 21.7 Å². The maximum Gasteiger partial charge on any atom is 0.416 e. The highest BCUT2D eigenvalue weighted by Crippen LogP contribution is 2.38. The van der Waals surface area contributed by atoms with Crippen molar-refractivity contribution in [2.75, 3.05) is 15.5 Å². The molecule has 4 N–H and O–H groups in total. The van der Waals surface area contributed by atoms with Gasteiger partial charge in [-0.05, 0) is 72.8 Å². The Bertz CT molecular complexity index is 1610. The molecule has 2 amide bonds. The molecule has 0 fully saturated rings. The number of carbonyl (C=O) groups is 1. The topological polar surface area (TPSA) is 120 Å². The summed E-state index contributed by atoms with van der Waals surface area (Å²) in [7, 11) is 0. The lowest BCUT2D eigenvalue weighted by atomic mass is 10.1. The first-order valence-corrected chi connectivity index (χ1v) is 11.4. The quantitative estimate of drug-likeness (QED) is 0.258. The number of carbonyl (C=O) groups excluding carboxylic acids is 1. The number of amidine groups is 1. The third-order valence-corrected chi connectivity index (χ3v) is 5.92. The van der Waals surface area contributed by atoms with Crippen LogP contribution in [-0.2, 0) is 6.18 Å². The van der Waals surface area contributed by atoms with Crippen molar-refractivity contribution in [2.45, 2.75) is 12.3 Å². The van der Waals surface area contributed by atoms with Gasteiger partial charge in [-0.1, -0.05) is 0 Å². The van der Waals surface area contributed by atoms with E-state index in [4.69, 9.17) is 15.4 Å².